The van der Waals surface area contributed by atoms with Crippen molar-refractivity contribution >= 4 is 11.9 Å². The maximum Gasteiger partial charge on any atom is 0.332 e. The molecule has 0 bridgehead atoms. The molecule has 0 aromatic heterocycles. The molecule has 0 aliphatic carbocycles. The third-order valence-corrected chi connectivity index (χ3v) is 2.96. The Morgan fingerprint density at radius 3 is 2.67 bits per heavy atom. The summed E-state index contributed by atoms with van der Waals surface area (Å²) in [5.74, 6) is -0.727. The summed E-state index contributed by atoms with van der Waals surface area (Å²) in [6, 6.07) is 8.30. The molecule has 5 nitrogen and oxygen atoms in total. The van der Waals surface area contributed by atoms with Gasteiger partial charge in [-0.25, -0.2) is 4.79 Å². The molecular formula is C13H16N2O3. The van der Waals surface area contributed by atoms with Crippen LogP contribution in [0.2, 0.25) is 0 Å². The highest BCUT2D eigenvalue weighted by Crippen LogP contribution is 2.13. The van der Waals surface area contributed by atoms with E-state index in [1.807, 2.05) is 30.3 Å². The predicted molar refractivity (Wildman–Crippen MR) is 65.6 cm³/mol. The second-order valence-electron chi connectivity index (χ2n) is 4.42. The van der Waals surface area contributed by atoms with Gasteiger partial charge >= 0.3 is 5.97 Å². The van der Waals surface area contributed by atoms with E-state index in [-0.39, 0.29) is 12.0 Å². The molecule has 96 valence electrons. The summed E-state index contributed by atoms with van der Waals surface area (Å²) in [4.78, 5) is 22.9. The average molecular weight is 248 g/mol. The molecule has 1 heterocycles. The van der Waals surface area contributed by atoms with E-state index in [9.17, 15) is 9.59 Å². The second-order valence-corrected chi connectivity index (χ2v) is 4.42. The van der Waals surface area contributed by atoms with Crippen LogP contribution in [0.4, 0.5) is 0 Å². The highest BCUT2D eigenvalue weighted by Gasteiger charge is 2.40. The zero-order valence-corrected chi connectivity index (χ0v) is 10.1. The molecule has 0 radical (unpaired) electrons. The van der Waals surface area contributed by atoms with Crippen LogP contribution >= 0.6 is 0 Å². The molecule has 2 rings (SSSR count). The first kappa shape index (κ1) is 12.6. The molecule has 0 unspecified atom stereocenters. The maximum absolute atomic E-state index is 11.8. The van der Waals surface area contributed by atoms with E-state index < -0.39 is 18.1 Å². The van der Waals surface area contributed by atoms with Gasteiger partial charge in [-0.15, -0.1) is 0 Å². The number of nitrogens with two attached hydrogens (primary N) is 1. The number of carbonyl (C=O) groups excluding carboxylic acids is 2. The van der Waals surface area contributed by atoms with Crippen molar-refractivity contribution < 1.29 is 14.3 Å². The van der Waals surface area contributed by atoms with E-state index in [2.05, 4.69) is 5.32 Å². The van der Waals surface area contributed by atoms with Gasteiger partial charge in [0.25, 0.3) is 0 Å². The maximum atomic E-state index is 11.8. The van der Waals surface area contributed by atoms with Gasteiger partial charge in [-0.1, -0.05) is 30.3 Å². The lowest BCUT2D eigenvalue weighted by molar-refractivity contribution is -0.176. The van der Waals surface area contributed by atoms with E-state index in [0.717, 1.165) is 5.56 Å². The molecular weight excluding hydrogens is 232 g/mol. The van der Waals surface area contributed by atoms with Gasteiger partial charge < -0.3 is 15.8 Å². The first-order valence-electron chi connectivity index (χ1n) is 5.88. The lowest BCUT2D eigenvalue weighted by atomic mass is 10.0. The summed E-state index contributed by atoms with van der Waals surface area (Å²) >= 11 is 0. The number of cyclic esters (lactones) is 1. The zero-order valence-electron chi connectivity index (χ0n) is 10.1. The van der Waals surface area contributed by atoms with Gasteiger partial charge in [0.05, 0.1) is 6.04 Å². The minimum Gasteiger partial charge on any atom is -0.458 e. The standard InChI is InChI=1S/C13H16N2O3/c1-8-11(13(17)18-8)15-12(16)10(14)7-9-5-3-2-4-6-9/h2-6,8,10-11H,7,14H2,1H3,(H,15,16)/t8-,10+,11+/m1/s1. The molecule has 3 N–H and O–H groups in total. The molecule has 1 fully saturated rings. The minimum atomic E-state index is -0.659. The fourth-order valence-corrected chi connectivity index (χ4v) is 1.84. The van der Waals surface area contributed by atoms with Crippen LogP contribution in [0.25, 0.3) is 0 Å². The van der Waals surface area contributed by atoms with Crippen LogP contribution in [0.3, 0.4) is 0 Å². The Morgan fingerprint density at radius 1 is 1.44 bits per heavy atom. The average Bonchev–Trinajstić information content (AvgIpc) is 2.37. The Bertz CT molecular complexity index is 447. The molecule has 0 spiro atoms. The number of benzene rings is 1. The van der Waals surface area contributed by atoms with Crippen LogP contribution in [0.1, 0.15) is 12.5 Å². The van der Waals surface area contributed by atoms with Crippen molar-refractivity contribution in [1.82, 2.24) is 5.32 Å². The summed E-state index contributed by atoms with van der Waals surface area (Å²) in [6.07, 6.45) is 0.174. The first-order chi connectivity index (χ1) is 8.58. The largest absolute Gasteiger partial charge is 0.458 e. The summed E-state index contributed by atoms with van der Waals surface area (Å²) in [6.45, 7) is 1.73. The van der Waals surface area contributed by atoms with Crippen LogP contribution < -0.4 is 11.1 Å². The Balaban J connectivity index is 1.87. The fourth-order valence-electron chi connectivity index (χ4n) is 1.84. The number of esters is 1. The molecule has 1 aromatic rings. The molecule has 18 heavy (non-hydrogen) atoms. The van der Waals surface area contributed by atoms with Crippen LogP contribution in [-0.2, 0) is 20.7 Å². The summed E-state index contributed by atoms with van der Waals surface area (Å²) < 4.78 is 4.76. The van der Waals surface area contributed by atoms with E-state index in [1.165, 1.54) is 0 Å². The van der Waals surface area contributed by atoms with E-state index in [4.69, 9.17) is 10.5 Å². The quantitative estimate of drug-likeness (QED) is 0.734. The summed E-state index contributed by atoms with van der Waals surface area (Å²) in [7, 11) is 0. The fraction of sp³-hybridized carbons (Fsp3) is 0.385. The van der Waals surface area contributed by atoms with Gasteiger partial charge in [0, 0.05) is 0 Å². The van der Waals surface area contributed by atoms with Crippen molar-refractivity contribution in [3.05, 3.63) is 35.9 Å². The monoisotopic (exact) mass is 248 g/mol. The van der Waals surface area contributed by atoms with Gasteiger partial charge in [0.2, 0.25) is 5.91 Å². The molecule has 1 aromatic carbocycles. The Hall–Kier alpha value is -1.88. The first-order valence-corrected chi connectivity index (χ1v) is 5.88. The molecule has 1 aliphatic rings. The SMILES string of the molecule is C[C@H]1OC(=O)[C@H]1NC(=O)[C@@H](N)Cc1ccccc1. The highest BCUT2D eigenvalue weighted by atomic mass is 16.6. The number of hydrogen-bond acceptors (Lipinski definition) is 4. The van der Waals surface area contributed by atoms with Gasteiger partial charge in [-0.05, 0) is 18.9 Å². The van der Waals surface area contributed by atoms with Crippen LogP contribution in [0, 0.1) is 0 Å². The van der Waals surface area contributed by atoms with Crippen molar-refractivity contribution in [2.24, 2.45) is 5.73 Å². The predicted octanol–water partition coefficient (Wildman–Crippen LogP) is -0.0135. The van der Waals surface area contributed by atoms with Gasteiger partial charge in [0.1, 0.15) is 6.10 Å². The molecule has 1 aliphatic heterocycles. The third kappa shape index (κ3) is 2.68. The third-order valence-electron chi connectivity index (χ3n) is 2.96. The number of rotatable bonds is 4. The summed E-state index contributed by atoms with van der Waals surface area (Å²) in [5, 5.41) is 2.60. The van der Waals surface area contributed by atoms with Gasteiger partial charge in [-0.3, -0.25) is 4.79 Å². The van der Waals surface area contributed by atoms with Crippen LogP contribution in [-0.4, -0.2) is 30.1 Å². The van der Waals surface area contributed by atoms with Crippen molar-refractivity contribution in [3.63, 3.8) is 0 Å². The number of ether oxygens (including phenoxy) is 1. The minimum absolute atomic E-state index is 0.273. The number of amides is 1. The molecule has 5 heteroatoms. The van der Waals surface area contributed by atoms with Gasteiger partial charge in [0.15, 0.2) is 6.04 Å². The molecule has 0 saturated carbocycles. The zero-order chi connectivity index (χ0) is 13.1. The smallest absolute Gasteiger partial charge is 0.332 e. The summed E-state index contributed by atoms with van der Waals surface area (Å²) in [5.41, 5.74) is 6.79. The topological polar surface area (TPSA) is 81.4 Å². The number of carbonyl (C=O) groups is 2. The number of nitrogens with one attached hydrogen (secondary N) is 1. The van der Waals surface area contributed by atoms with Crippen molar-refractivity contribution in [2.75, 3.05) is 0 Å². The Kier molecular flexibility index (Phi) is 3.62. The van der Waals surface area contributed by atoms with Crippen LogP contribution in [0.5, 0.6) is 0 Å². The normalized spacial score (nSPS) is 23.8. The number of hydrogen-bond donors (Lipinski definition) is 2. The Morgan fingerprint density at radius 2 is 2.11 bits per heavy atom. The molecule has 1 saturated heterocycles. The van der Waals surface area contributed by atoms with Crippen molar-refractivity contribution in [1.29, 1.82) is 0 Å². The van der Waals surface area contributed by atoms with E-state index in [0.29, 0.717) is 6.42 Å². The lowest BCUT2D eigenvalue weighted by Crippen LogP contribution is -2.61. The highest BCUT2D eigenvalue weighted by molar-refractivity contribution is 5.90. The van der Waals surface area contributed by atoms with Crippen LogP contribution in [0.15, 0.2) is 30.3 Å². The van der Waals surface area contributed by atoms with Crippen molar-refractivity contribution in [3.8, 4) is 0 Å². The Labute approximate surface area is 105 Å². The molecule has 3 atom stereocenters. The second kappa shape index (κ2) is 5.18. The van der Waals surface area contributed by atoms with E-state index >= 15 is 0 Å². The van der Waals surface area contributed by atoms with E-state index in [1.54, 1.807) is 6.92 Å². The van der Waals surface area contributed by atoms with Crippen molar-refractivity contribution in [2.45, 2.75) is 31.5 Å². The van der Waals surface area contributed by atoms with Gasteiger partial charge in [-0.2, -0.15) is 0 Å². The molecule has 1 amide bonds. The lowest BCUT2D eigenvalue weighted by Gasteiger charge is -2.33.